The Morgan fingerprint density at radius 2 is 1.78 bits per heavy atom. The standard InChI is InChI=1S/C26H27N9O2/c1-2-3-9-24-27-23(15-12-19-7-5-4-6-8-19)30-34(24)18-20-10-13-21(14-11-20)33-17-16-22(35(36)37)25(33)26-28-31-32-29-26/h4-8,10-11,13-14,16-17H,2-3,9,12,15,18H2,1H3,(H,28,29,31,32). The van der Waals surface area contributed by atoms with Crippen molar-refractivity contribution in [2.75, 3.05) is 0 Å². The summed E-state index contributed by atoms with van der Waals surface area (Å²) >= 11 is 0. The number of rotatable bonds is 11. The van der Waals surface area contributed by atoms with Crippen molar-refractivity contribution in [1.82, 2.24) is 40.0 Å². The summed E-state index contributed by atoms with van der Waals surface area (Å²) in [5.74, 6) is 2.01. The lowest BCUT2D eigenvalue weighted by atomic mass is 10.1. The second-order valence-electron chi connectivity index (χ2n) is 8.77. The largest absolute Gasteiger partial charge is 0.308 e. The molecule has 1 N–H and O–H groups in total. The number of unbranched alkanes of at least 4 members (excludes halogenated alkanes) is 1. The van der Waals surface area contributed by atoms with E-state index < -0.39 is 4.92 Å². The van der Waals surface area contributed by atoms with Crippen LogP contribution < -0.4 is 0 Å². The maximum Gasteiger partial charge on any atom is 0.298 e. The Kier molecular flexibility index (Phi) is 7.11. The molecule has 5 rings (SSSR count). The SMILES string of the molecule is CCCCc1nc(CCc2ccccc2)nn1Cc1ccc(-n2ccc([N+](=O)[O-])c2-c2nn[nH]n2)cc1. The van der Waals surface area contributed by atoms with Crippen LogP contribution in [-0.4, -0.2) is 44.9 Å². The predicted octanol–water partition coefficient (Wildman–Crippen LogP) is 4.33. The molecular weight excluding hydrogens is 470 g/mol. The molecule has 0 aliphatic carbocycles. The van der Waals surface area contributed by atoms with Crippen LogP contribution in [0.2, 0.25) is 0 Å². The molecule has 11 heteroatoms. The molecule has 0 saturated carbocycles. The van der Waals surface area contributed by atoms with Gasteiger partial charge in [-0.25, -0.2) is 9.67 Å². The third-order valence-electron chi connectivity index (χ3n) is 6.19. The average Bonchev–Trinajstić information content (AvgIpc) is 3.67. The summed E-state index contributed by atoms with van der Waals surface area (Å²) in [6, 6.07) is 19.6. The van der Waals surface area contributed by atoms with Gasteiger partial charge in [0.2, 0.25) is 5.82 Å². The van der Waals surface area contributed by atoms with Gasteiger partial charge >= 0.3 is 0 Å². The maximum atomic E-state index is 11.5. The van der Waals surface area contributed by atoms with E-state index in [1.807, 2.05) is 35.0 Å². The number of hydrogen-bond acceptors (Lipinski definition) is 7. The van der Waals surface area contributed by atoms with Crippen LogP contribution in [0.25, 0.3) is 17.2 Å². The molecule has 37 heavy (non-hydrogen) atoms. The number of benzene rings is 2. The number of tetrazole rings is 1. The van der Waals surface area contributed by atoms with E-state index in [0.29, 0.717) is 6.54 Å². The van der Waals surface area contributed by atoms with Crippen LogP contribution in [0, 0.1) is 10.1 Å². The normalized spacial score (nSPS) is 11.2. The Balaban J connectivity index is 1.36. The first-order valence-corrected chi connectivity index (χ1v) is 12.3. The Hall–Kier alpha value is -4.67. The lowest BCUT2D eigenvalue weighted by molar-refractivity contribution is -0.384. The molecule has 0 radical (unpaired) electrons. The number of aryl methyl sites for hydroxylation is 3. The van der Waals surface area contributed by atoms with Crippen molar-refractivity contribution in [1.29, 1.82) is 0 Å². The van der Waals surface area contributed by atoms with Gasteiger partial charge in [-0.1, -0.05) is 55.8 Å². The highest BCUT2D eigenvalue weighted by Gasteiger charge is 2.24. The molecular formula is C26H27N9O2. The summed E-state index contributed by atoms with van der Waals surface area (Å²) in [7, 11) is 0. The van der Waals surface area contributed by atoms with Crippen molar-refractivity contribution in [3.05, 3.63) is 99.8 Å². The zero-order valence-electron chi connectivity index (χ0n) is 20.5. The van der Waals surface area contributed by atoms with Crippen LogP contribution in [0.15, 0.2) is 66.9 Å². The van der Waals surface area contributed by atoms with E-state index in [1.165, 1.54) is 11.6 Å². The summed E-state index contributed by atoms with van der Waals surface area (Å²) in [5, 5.41) is 30.2. The zero-order chi connectivity index (χ0) is 25.6. The molecule has 3 heterocycles. The van der Waals surface area contributed by atoms with Gasteiger partial charge in [0.15, 0.2) is 11.5 Å². The molecule has 0 amide bonds. The van der Waals surface area contributed by atoms with E-state index in [0.717, 1.165) is 55.0 Å². The Labute approximate surface area is 213 Å². The van der Waals surface area contributed by atoms with Crippen molar-refractivity contribution in [3.63, 3.8) is 0 Å². The van der Waals surface area contributed by atoms with E-state index in [9.17, 15) is 10.1 Å². The van der Waals surface area contributed by atoms with Crippen LogP contribution in [0.1, 0.15) is 42.5 Å². The number of aromatic nitrogens is 8. The highest BCUT2D eigenvalue weighted by atomic mass is 16.6. The number of hydrogen-bond donors (Lipinski definition) is 1. The monoisotopic (exact) mass is 497 g/mol. The van der Waals surface area contributed by atoms with E-state index in [-0.39, 0.29) is 17.2 Å². The fraction of sp³-hybridized carbons (Fsp3) is 0.269. The Bertz CT molecular complexity index is 1460. The molecule has 2 aromatic carbocycles. The first-order valence-electron chi connectivity index (χ1n) is 12.3. The van der Waals surface area contributed by atoms with Crippen molar-refractivity contribution in [3.8, 4) is 17.2 Å². The number of H-pyrrole nitrogens is 1. The Morgan fingerprint density at radius 3 is 2.49 bits per heavy atom. The zero-order valence-corrected chi connectivity index (χ0v) is 20.5. The van der Waals surface area contributed by atoms with Crippen LogP contribution in [0.5, 0.6) is 0 Å². The van der Waals surface area contributed by atoms with Gasteiger partial charge in [-0.05, 0) is 41.3 Å². The molecule has 0 aliphatic rings. The molecule has 0 spiro atoms. The van der Waals surface area contributed by atoms with Crippen molar-refractivity contribution in [2.24, 2.45) is 0 Å². The van der Waals surface area contributed by atoms with E-state index in [4.69, 9.17) is 10.1 Å². The first-order chi connectivity index (χ1) is 18.1. The first kappa shape index (κ1) is 24.0. The average molecular weight is 498 g/mol. The van der Waals surface area contributed by atoms with E-state index in [1.54, 1.807) is 10.8 Å². The highest BCUT2D eigenvalue weighted by molar-refractivity contribution is 5.67. The van der Waals surface area contributed by atoms with Gasteiger partial charge in [0, 0.05) is 30.8 Å². The van der Waals surface area contributed by atoms with Gasteiger partial charge in [-0.2, -0.15) is 10.3 Å². The molecule has 0 unspecified atom stereocenters. The third-order valence-corrected chi connectivity index (χ3v) is 6.19. The van der Waals surface area contributed by atoms with Gasteiger partial charge in [-0.3, -0.25) is 10.1 Å². The quantitative estimate of drug-likeness (QED) is 0.212. The fourth-order valence-electron chi connectivity index (χ4n) is 4.28. The summed E-state index contributed by atoms with van der Waals surface area (Å²) in [6.07, 6.45) is 6.36. The maximum absolute atomic E-state index is 11.5. The topological polar surface area (TPSA) is 133 Å². The minimum atomic E-state index is -0.450. The second-order valence-corrected chi connectivity index (χ2v) is 8.77. The molecule has 11 nitrogen and oxygen atoms in total. The minimum Gasteiger partial charge on any atom is -0.308 e. The Morgan fingerprint density at radius 1 is 0.973 bits per heavy atom. The molecule has 0 saturated heterocycles. The summed E-state index contributed by atoms with van der Waals surface area (Å²) in [5.41, 5.74) is 3.27. The summed E-state index contributed by atoms with van der Waals surface area (Å²) in [4.78, 5) is 15.9. The van der Waals surface area contributed by atoms with Gasteiger partial charge in [0.25, 0.3) is 5.69 Å². The number of aromatic amines is 1. The van der Waals surface area contributed by atoms with Gasteiger partial charge < -0.3 is 4.57 Å². The van der Waals surface area contributed by atoms with Gasteiger partial charge in [-0.15, -0.1) is 10.2 Å². The minimum absolute atomic E-state index is 0.0864. The van der Waals surface area contributed by atoms with Crippen LogP contribution in [0.3, 0.4) is 0 Å². The molecule has 5 aromatic rings. The lowest BCUT2D eigenvalue weighted by Crippen LogP contribution is -2.07. The highest BCUT2D eigenvalue weighted by Crippen LogP contribution is 2.31. The summed E-state index contributed by atoms with van der Waals surface area (Å²) < 4.78 is 3.69. The fourth-order valence-corrected chi connectivity index (χ4v) is 4.28. The molecule has 0 atom stereocenters. The van der Waals surface area contributed by atoms with Gasteiger partial charge in [0.1, 0.15) is 5.82 Å². The van der Waals surface area contributed by atoms with E-state index >= 15 is 0 Å². The number of nitrogens with zero attached hydrogens (tertiary/aromatic N) is 8. The van der Waals surface area contributed by atoms with E-state index in [2.05, 4.69) is 51.8 Å². The van der Waals surface area contributed by atoms with Gasteiger partial charge in [0.05, 0.1) is 11.5 Å². The molecule has 3 aromatic heterocycles. The van der Waals surface area contributed by atoms with Crippen molar-refractivity contribution >= 4 is 5.69 Å². The molecule has 188 valence electrons. The molecule has 0 bridgehead atoms. The molecule has 0 aliphatic heterocycles. The summed E-state index contributed by atoms with van der Waals surface area (Å²) in [6.45, 7) is 2.77. The van der Waals surface area contributed by atoms with Crippen molar-refractivity contribution in [2.45, 2.75) is 45.6 Å². The smallest absolute Gasteiger partial charge is 0.298 e. The number of nitrogens with one attached hydrogen (secondary N) is 1. The number of nitro groups is 1. The predicted molar refractivity (Wildman–Crippen MR) is 137 cm³/mol. The van der Waals surface area contributed by atoms with Crippen LogP contribution in [-0.2, 0) is 25.8 Å². The van der Waals surface area contributed by atoms with Crippen LogP contribution in [0.4, 0.5) is 5.69 Å². The third kappa shape index (κ3) is 5.45. The lowest BCUT2D eigenvalue weighted by Gasteiger charge is -2.09. The van der Waals surface area contributed by atoms with Crippen molar-refractivity contribution < 1.29 is 4.92 Å². The molecule has 0 fully saturated rings. The van der Waals surface area contributed by atoms with Crippen LogP contribution >= 0.6 is 0 Å². The second kappa shape index (κ2) is 10.9.